The van der Waals surface area contributed by atoms with E-state index in [1.807, 2.05) is 24.3 Å². The molecular formula is C26H29N9O3S. The van der Waals surface area contributed by atoms with Crippen LogP contribution < -0.4 is 21.0 Å². The second-order valence-corrected chi connectivity index (χ2v) is 10.6. The number of benzene rings is 1. The molecule has 2 aliphatic heterocycles. The first kappa shape index (κ1) is 25.4. The number of aromatic nitrogens is 4. The highest BCUT2D eigenvalue weighted by Gasteiger charge is 2.23. The van der Waals surface area contributed by atoms with Gasteiger partial charge in [0.05, 0.1) is 29.0 Å². The maximum absolute atomic E-state index is 11.5. The molecule has 0 spiro atoms. The Balaban J connectivity index is 1.19. The second kappa shape index (κ2) is 11.1. The van der Waals surface area contributed by atoms with Crippen LogP contribution in [-0.2, 0) is 11.3 Å². The molecule has 0 bridgehead atoms. The number of nitrogens with one attached hydrogen (secondary N) is 1. The third-order valence-corrected chi connectivity index (χ3v) is 8.03. The summed E-state index contributed by atoms with van der Waals surface area (Å²) in [5, 5.41) is 8.77. The maximum Gasteiger partial charge on any atom is 0.277 e. The number of hydrogen-bond acceptors (Lipinski definition) is 12. The van der Waals surface area contributed by atoms with Crippen LogP contribution in [0.2, 0.25) is 0 Å². The number of hydroxylamine groups is 1. The van der Waals surface area contributed by atoms with Gasteiger partial charge in [-0.25, -0.2) is 25.4 Å². The molecule has 1 amide bonds. The van der Waals surface area contributed by atoms with E-state index in [2.05, 4.69) is 30.7 Å². The number of anilines is 3. The van der Waals surface area contributed by atoms with Crippen molar-refractivity contribution in [2.45, 2.75) is 6.54 Å². The van der Waals surface area contributed by atoms with Crippen molar-refractivity contribution >= 4 is 44.9 Å². The van der Waals surface area contributed by atoms with Crippen molar-refractivity contribution in [3.8, 4) is 11.4 Å². The van der Waals surface area contributed by atoms with E-state index in [1.165, 1.54) is 17.3 Å². The molecule has 0 aliphatic carbocycles. The zero-order valence-corrected chi connectivity index (χ0v) is 22.1. The predicted octanol–water partition coefficient (Wildman–Crippen LogP) is 2.01. The molecule has 5 heterocycles. The quantitative estimate of drug-likeness (QED) is 0.185. The summed E-state index contributed by atoms with van der Waals surface area (Å²) in [7, 11) is 0. The van der Waals surface area contributed by atoms with Crippen molar-refractivity contribution in [3.63, 3.8) is 0 Å². The first-order chi connectivity index (χ1) is 19.1. The number of piperazine rings is 1. The lowest BCUT2D eigenvalue weighted by Crippen LogP contribution is -2.46. The van der Waals surface area contributed by atoms with Gasteiger partial charge in [-0.05, 0) is 30.3 Å². The Morgan fingerprint density at radius 1 is 1.00 bits per heavy atom. The van der Waals surface area contributed by atoms with E-state index in [0.717, 1.165) is 67.4 Å². The Kier molecular flexibility index (Phi) is 7.20. The van der Waals surface area contributed by atoms with Crippen molar-refractivity contribution in [3.05, 3.63) is 53.2 Å². The zero-order valence-electron chi connectivity index (χ0n) is 21.3. The van der Waals surface area contributed by atoms with E-state index < -0.39 is 5.91 Å². The first-order valence-corrected chi connectivity index (χ1v) is 13.6. The summed E-state index contributed by atoms with van der Waals surface area (Å²) in [5.74, 6) is 1.61. The van der Waals surface area contributed by atoms with Crippen LogP contribution in [0.3, 0.4) is 0 Å². The molecule has 12 nitrogen and oxygen atoms in total. The molecule has 39 heavy (non-hydrogen) atoms. The van der Waals surface area contributed by atoms with Crippen LogP contribution in [-0.4, -0.2) is 88.4 Å². The molecule has 2 aliphatic rings. The van der Waals surface area contributed by atoms with Gasteiger partial charge in [0, 0.05) is 74.3 Å². The zero-order chi connectivity index (χ0) is 26.8. The van der Waals surface area contributed by atoms with Gasteiger partial charge in [0.2, 0.25) is 5.95 Å². The number of nitrogen functional groups attached to an aromatic ring is 1. The van der Waals surface area contributed by atoms with Crippen molar-refractivity contribution in [1.29, 1.82) is 0 Å². The Morgan fingerprint density at radius 3 is 2.41 bits per heavy atom. The Bertz CT molecular complexity index is 1450. The Labute approximate surface area is 229 Å². The third-order valence-electron chi connectivity index (χ3n) is 6.92. The average Bonchev–Trinajstić information content (AvgIpc) is 3.40. The minimum Gasteiger partial charge on any atom is -0.399 e. The number of nitrogens with zero attached hydrogens (tertiary/aromatic N) is 7. The third kappa shape index (κ3) is 5.47. The van der Waals surface area contributed by atoms with Crippen molar-refractivity contribution in [2.24, 2.45) is 0 Å². The second-order valence-electron chi connectivity index (χ2n) is 9.50. The fourth-order valence-corrected chi connectivity index (χ4v) is 5.94. The largest absolute Gasteiger partial charge is 0.399 e. The van der Waals surface area contributed by atoms with Crippen molar-refractivity contribution in [2.75, 3.05) is 68.0 Å². The van der Waals surface area contributed by atoms with Crippen LogP contribution in [0.5, 0.6) is 0 Å². The molecule has 0 radical (unpaired) electrons. The topological polar surface area (TPSA) is 146 Å². The normalized spacial score (nSPS) is 16.5. The monoisotopic (exact) mass is 547 g/mol. The number of ether oxygens (including phenoxy) is 1. The molecule has 1 aromatic carbocycles. The van der Waals surface area contributed by atoms with E-state index in [9.17, 15) is 4.79 Å². The van der Waals surface area contributed by atoms with Gasteiger partial charge in [0.25, 0.3) is 5.91 Å². The lowest BCUT2D eigenvalue weighted by atomic mass is 10.2. The van der Waals surface area contributed by atoms with Crippen LogP contribution in [0.4, 0.5) is 17.5 Å². The summed E-state index contributed by atoms with van der Waals surface area (Å²) >= 11 is 1.76. The van der Waals surface area contributed by atoms with Gasteiger partial charge >= 0.3 is 0 Å². The van der Waals surface area contributed by atoms with E-state index in [4.69, 9.17) is 25.6 Å². The summed E-state index contributed by atoms with van der Waals surface area (Å²) in [6, 6.07) is 9.87. The highest BCUT2D eigenvalue weighted by Crippen LogP contribution is 2.35. The van der Waals surface area contributed by atoms with Crippen molar-refractivity contribution < 1.29 is 14.7 Å². The van der Waals surface area contributed by atoms with Gasteiger partial charge in [-0.1, -0.05) is 0 Å². The van der Waals surface area contributed by atoms with E-state index in [1.54, 1.807) is 16.8 Å². The molecule has 6 rings (SSSR count). The molecule has 0 atom stereocenters. The molecule has 3 aromatic heterocycles. The SMILES string of the molecule is Nc1ccc(-c2nc(N3CCOCC3)c3sc(CN4CCN(c5ncc(C(=O)NO)cn5)CC4)cc3n2)cc1. The molecule has 202 valence electrons. The summed E-state index contributed by atoms with van der Waals surface area (Å²) in [6.07, 6.45) is 2.84. The maximum atomic E-state index is 11.5. The van der Waals surface area contributed by atoms with Crippen LogP contribution in [0, 0.1) is 0 Å². The highest BCUT2D eigenvalue weighted by molar-refractivity contribution is 7.19. The smallest absolute Gasteiger partial charge is 0.277 e. The number of carbonyl (C=O) groups excluding carboxylic acids is 1. The van der Waals surface area contributed by atoms with E-state index in [-0.39, 0.29) is 5.56 Å². The van der Waals surface area contributed by atoms with E-state index in [0.29, 0.717) is 30.7 Å². The fraction of sp³-hybridized carbons (Fsp3) is 0.346. The lowest BCUT2D eigenvalue weighted by Gasteiger charge is -2.34. The number of morpholine rings is 1. The van der Waals surface area contributed by atoms with Gasteiger partial charge in [-0.2, -0.15) is 0 Å². The first-order valence-electron chi connectivity index (χ1n) is 12.8. The number of thiophene rings is 1. The molecular weight excluding hydrogens is 518 g/mol. The lowest BCUT2D eigenvalue weighted by molar-refractivity contribution is 0.0705. The number of rotatable bonds is 6. The molecule has 0 saturated carbocycles. The Morgan fingerprint density at radius 2 is 1.72 bits per heavy atom. The molecule has 13 heteroatoms. The number of amides is 1. The number of carbonyl (C=O) groups is 1. The van der Waals surface area contributed by atoms with Crippen LogP contribution in [0.1, 0.15) is 15.2 Å². The minimum atomic E-state index is -0.628. The number of fused-ring (bicyclic) bond motifs is 1. The number of hydrogen-bond donors (Lipinski definition) is 3. The number of nitrogens with two attached hydrogens (primary N) is 1. The van der Waals surface area contributed by atoms with Crippen LogP contribution in [0.25, 0.3) is 21.6 Å². The molecule has 2 saturated heterocycles. The minimum absolute atomic E-state index is 0.212. The predicted molar refractivity (Wildman–Crippen MR) is 149 cm³/mol. The molecule has 4 aromatic rings. The van der Waals surface area contributed by atoms with Crippen molar-refractivity contribution in [1.82, 2.24) is 30.3 Å². The van der Waals surface area contributed by atoms with Gasteiger partial charge in [-0.15, -0.1) is 11.3 Å². The molecule has 4 N–H and O–H groups in total. The Hall–Kier alpha value is -3.91. The average molecular weight is 548 g/mol. The summed E-state index contributed by atoms with van der Waals surface area (Å²) in [6.45, 7) is 7.06. The van der Waals surface area contributed by atoms with Crippen LogP contribution >= 0.6 is 11.3 Å². The van der Waals surface area contributed by atoms with Gasteiger partial charge in [0.1, 0.15) is 0 Å². The summed E-state index contributed by atoms with van der Waals surface area (Å²) in [5.41, 5.74) is 10.3. The fourth-order valence-electron chi connectivity index (χ4n) is 4.79. The standard InChI is InChI=1S/C26H29N9O3S/c27-19-3-1-17(2-4-19)23-30-21-13-20(39-22(21)24(31-23)34-9-11-38-12-10-34)16-33-5-7-35(8-6-33)26-28-14-18(15-29-26)25(36)32-37/h1-4,13-15,37H,5-12,16,27H2,(H,32,36). The highest BCUT2D eigenvalue weighted by atomic mass is 32.1. The summed E-state index contributed by atoms with van der Waals surface area (Å²) in [4.78, 5) is 38.1. The van der Waals surface area contributed by atoms with Crippen LogP contribution in [0.15, 0.2) is 42.7 Å². The summed E-state index contributed by atoms with van der Waals surface area (Å²) < 4.78 is 6.69. The molecule has 0 unspecified atom stereocenters. The van der Waals surface area contributed by atoms with Gasteiger partial charge < -0.3 is 20.3 Å². The molecule has 2 fully saturated rings. The van der Waals surface area contributed by atoms with Gasteiger partial charge in [0.15, 0.2) is 11.6 Å². The van der Waals surface area contributed by atoms with Gasteiger partial charge in [-0.3, -0.25) is 14.9 Å². The van der Waals surface area contributed by atoms with E-state index >= 15 is 0 Å².